The number of nitrogens with zero attached hydrogens (tertiary/aromatic N) is 18. The molecule has 16 heterocycles. The number of aliphatic hydroxyl groups is 3. The van der Waals surface area contributed by atoms with Crippen molar-refractivity contribution in [3.8, 4) is 23.5 Å². The molecule has 0 bridgehead atoms. The maximum atomic E-state index is 12.2. The number of methoxy groups -OCH3 is 6. The second kappa shape index (κ2) is 35.6. The number of nitrogen functional groups attached to an aromatic ring is 5. The van der Waals surface area contributed by atoms with E-state index in [1.54, 1.807) is 23.6 Å². The minimum absolute atomic E-state index is 0.0776. The first-order valence-electron chi connectivity index (χ1n) is 36.3. The molecule has 6 aliphatic heterocycles. The van der Waals surface area contributed by atoms with Crippen LogP contribution in [0.4, 0.5) is 29.1 Å². The smallest absolute Gasteiger partial charge is 0.303 e. The van der Waals surface area contributed by atoms with Gasteiger partial charge in [-0.15, -0.1) is 20.4 Å². The van der Waals surface area contributed by atoms with Gasteiger partial charge in [0, 0.05) is 35.0 Å². The lowest BCUT2D eigenvalue weighted by atomic mass is 10.1. The average molecular weight is 1650 g/mol. The van der Waals surface area contributed by atoms with Crippen LogP contribution < -0.4 is 53.2 Å². The lowest BCUT2D eigenvalue weighted by Gasteiger charge is -2.24. The number of anilines is 5. The standard InChI is InChI=1S/C17H21N5O8.C15H21N5O4.C14H19N5O4.C11H15N5O5.C6H7N5O.C5H12O2/c1-7(23)27-5-10-12(28-8(2)24)13(29-9(3)25)17(30-10)22-15-11(16(21-22)26-4)14(18)19-6-20-15;1-5-7-9-10(24-15(2,3)23-9)14(22-7)20-12-8(13(19-20)21-4)11(16)17-6-18-12;1-4-6-8-9(23-14(2,3)22-8)13(21-6)19-11-7(12(20)18-19)10(15)16-5-17-11;1-20-10-5-8(12)13-3-14-9(5)16(15-10)11-7(19)6(18)4(2-17)21-11;1-12-6-3-4(7)8-2-9-5(3)10-11-6;1-5(2,6-3)7-4/h6,10,12-13,17H,5H2,1-4H3,(H2,18,19,20);6-7,9-10,14H,5H2,1-4H3,(H2,16,17,18);5-6,8-9,13H,4H2,1-3H3,(H,18,20)(H2,15,16,17);3-4,6-7,11,17-19H,2H2,1H3,(H2,12,13,14);2H,1H3,(H3,7,8,9,10,11);1-4H3/t10-,12-,13-,17-;7-,9-,10-,14-;6-,8-,9-,13-;4-,6-,7-,11-;;/m1111../s1. The summed E-state index contributed by atoms with van der Waals surface area (Å²) in [5, 5.41) is 53.3. The van der Waals surface area contributed by atoms with Crippen molar-refractivity contribution in [2.45, 2.75) is 205 Å². The Hall–Kier alpha value is -11.4. The summed E-state index contributed by atoms with van der Waals surface area (Å²) in [4.78, 5) is 87.0. The fraction of sp³-hybridized carbons (Fsp3) is 0.588. The molecular weight excluding hydrogens is 1550 g/mol. The summed E-state index contributed by atoms with van der Waals surface area (Å²) in [6.07, 6.45) is -2.65. The second-order valence-corrected chi connectivity index (χ2v) is 27.8. The molecule has 636 valence electrons. The monoisotopic (exact) mass is 1650 g/mol. The molecule has 10 aromatic rings. The van der Waals surface area contributed by atoms with E-state index in [4.69, 9.17) is 114 Å². The molecule has 0 radical (unpaired) electrons. The number of aliphatic hydroxyl groups excluding tert-OH is 3. The third kappa shape index (κ3) is 17.8. The molecule has 10 aromatic heterocycles. The number of carbonyl (C=O) groups is 3. The quantitative estimate of drug-likeness (QED) is 0.0337. The largest absolute Gasteiger partial charge is 0.479 e. The number of nitrogens with one attached hydrogen (secondary N) is 2. The number of fused-ring (bicyclic) bond motifs is 7. The summed E-state index contributed by atoms with van der Waals surface area (Å²) in [6, 6.07) is 0. The Morgan fingerprint density at radius 2 is 0.880 bits per heavy atom. The van der Waals surface area contributed by atoms with Crippen molar-refractivity contribution in [2.24, 2.45) is 0 Å². The number of aromatic nitrogens is 20. The first-order chi connectivity index (χ1) is 55.6. The van der Waals surface area contributed by atoms with E-state index >= 15 is 0 Å². The number of aromatic amines is 2. The fourth-order valence-corrected chi connectivity index (χ4v) is 13.5. The summed E-state index contributed by atoms with van der Waals surface area (Å²) in [5.41, 5.74) is 30.8. The topological polar surface area (TPSA) is 648 Å². The van der Waals surface area contributed by atoms with Crippen molar-refractivity contribution >= 4 is 102 Å². The summed E-state index contributed by atoms with van der Waals surface area (Å²) in [6.45, 7) is 18.3. The average Bonchev–Trinajstić information content (AvgIpc) is 1.59. The molecule has 16 rings (SSSR count). The molecule has 15 N–H and O–H groups in total. The highest BCUT2D eigenvalue weighted by Crippen LogP contribution is 2.47. The number of esters is 3. The summed E-state index contributed by atoms with van der Waals surface area (Å²) in [5.74, 6) is -1.40. The van der Waals surface area contributed by atoms with Crippen LogP contribution >= 0.6 is 0 Å². The maximum Gasteiger partial charge on any atom is 0.303 e. The van der Waals surface area contributed by atoms with Crippen molar-refractivity contribution in [1.29, 1.82) is 0 Å². The molecule has 16 atom stereocenters. The molecule has 0 saturated carbocycles. The highest BCUT2D eigenvalue weighted by molar-refractivity contribution is 5.93. The van der Waals surface area contributed by atoms with Gasteiger partial charge in [0.25, 0.3) is 5.56 Å². The summed E-state index contributed by atoms with van der Waals surface area (Å²) < 4.78 is 99.5. The first-order valence-corrected chi connectivity index (χ1v) is 36.3. The third-order valence-corrected chi connectivity index (χ3v) is 19.0. The molecule has 49 nitrogen and oxygen atoms in total. The highest BCUT2D eigenvalue weighted by atomic mass is 16.8. The Morgan fingerprint density at radius 1 is 0.487 bits per heavy atom. The van der Waals surface area contributed by atoms with Crippen molar-refractivity contribution < 1.29 is 110 Å². The van der Waals surface area contributed by atoms with E-state index in [1.807, 2.05) is 48.5 Å². The van der Waals surface area contributed by atoms with Crippen LogP contribution in [0.25, 0.3) is 55.2 Å². The molecule has 0 unspecified atom stereocenters. The van der Waals surface area contributed by atoms with Crippen LogP contribution in [0.3, 0.4) is 0 Å². The van der Waals surface area contributed by atoms with Gasteiger partial charge in [0.2, 0.25) is 23.5 Å². The zero-order valence-electron chi connectivity index (χ0n) is 66.8. The van der Waals surface area contributed by atoms with Crippen molar-refractivity contribution in [1.82, 2.24) is 99.2 Å². The van der Waals surface area contributed by atoms with Crippen LogP contribution in [-0.2, 0) is 76.0 Å². The van der Waals surface area contributed by atoms with Crippen LogP contribution in [0, 0.1) is 0 Å². The van der Waals surface area contributed by atoms with Gasteiger partial charge in [-0.2, -0.15) is 0 Å². The van der Waals surface area contributed by atoms with E-state index in [0.717, 1.165) is 12.8 Å². The van der Waals surface area contributed by atoms with E-state index in [9.17, 15) is 29.4 Å². The number of rotatable bonds is 17. The van der Waals surface area contributed by atoms with Crippen LogP contribution in [-0.4, -0.2) is 279 Å². The molecular formula is C68H95N25O24. The van der Waals surface area contributed by atoms with Crippen LogP contribution in [0.15, 0.2) is 36.4 Å². The van der Waals surface area contributed by atoms with Gasteiger partial charge in [-0.1, -0.05) is 13.8 Å². The molecule has 6 fully saturated rings. The highest BCUT2D eigenvalue weighted by Gasteiger charge is 2.58. The van der Waals surface area contributed by atoms with Gasteiger partial charge in [-0.25, -0.2) is 68.6 Å². The van der Waals surface area contributed by atoms with Crippen LogP contribution in [0.2, 0.25) is 0 Å². The number of H-pyrrole nitrogens is 2. The van der Waals surface area contributed by atoms with Gasteiger partial charge in [0.05, 0.1) is 47.3 Å². The summed E-state index contributed by atoms with van der Waals surface area (Å²) in [7, 11) is 9.08. The Morgan fingerprint density at radius 3 is 1.31 bits per heavy atom. The minimum Gasteiger partial charge on any atom is -0.479 e. The SMILES string of the molecule is CC[C@H]1O[C@@H](n2[nH]c(=O)c3c(N)ncnc32)[C@@H]2OC(C)(C)O[C@@H]21.CC[C@H]1O[C@@H](n2nc(OC)c3c(N)ncnc32)[C@@H]2OC(C)(C)O[C@@H]21.COC(C)(C)OC.COc1n[nH]c2ncnc(N)c12.COc1nn([C@@H]2O[C@H](CO)[C@@H](O)[C@H]2O)c2ncnc(N)c12.COc1nn([C@@H]2O[C@H](COC(C)=O)[C@@H](OC(C)=O)[C@H]2OC(C)=O)c2ncnc(N)c12. The van der Waals surface area contributed by atoms with E-state index in [1.165, 1.54) is 90.2 Å². The van der Waals surface area contributed by atoms with Gasteiger partial charge in [0.1, 0.15) is 143 Å². The van der Waals surface area contributed by atoms with E-state index in [2.05, 4.69) is 87.4 Å². The van der Waals surface area contributed by atoms with Crippen molar-refractivity contribution in [3.63, 3.8) is 0 Å². The lowest BCUT2D eigenvalue weighted by molar-refractivity contribution is -0.198. The van der Waals surface area contributed by atoms with E-state index < -0.39 is 103 Å². The predicted molar refractivity (Wildman–Crippen MR) is 403 cm³/mol. The van der Waals surface area contributed by atoms with Crippen molar-refractivity contribution in [2.75, 3.05) is 84.5 Å². The molecule has 0 aliphatic carbocycles. The molecule has 117 heavy (non-hydrogen) atoms. The Balaban J connectivity index is 0.000000143. The minimum atomic E-state index is -1.27. The van der Waals surface area contributed by atoms with Gasteiger partial charge in [0.15, 0.2) is 82.7 Å². The van der Waals surface area contributed by atoms with Crippen LogP contribution in [0.5, 0.6) is 23.5 Å². The van der Waals surface area contributed by atoms with Gasteiger partial charge >= 0.3 is 17.9 Å². The molecule has 0 amide bonds. The van der Waals surface area contributed by atoms with E-state index in [-0.39, 0.29) is 89.0 Å². The van der Waals surface area contributed by atoms with E-state index in [0.29, 0.717) is 67.5 Å². The Labute approximate surface area is 663 Å². The third-order valence-electron chi connectivity index (χ3n) is 19.0. The Kier molecular flexibility index (Phi) is 26.3. The van der Waals surface area contributed by atoms with Gasteiger partial charge < -0.3 is 125 Å². The number of nitrogens with two attached hydrogens (primary N) is 5. The lowest BCUT2D eigenvalue weighted by Crippen LogP contribution is -2.40. The number of hydrogen-bond donors (Lipinski definition) is 10. The Bertz CT molecular complexity index is 5200. The molecule has 0 spiro atoms. The normalized spacial score (nSPS) is 25.8. The fourth-order valence-electron chi connectivity index (χ4n) is 13.5. The predicted octanol–water partition coefficient (Wildman–Crippen LogP) is 0.502. The molecule has 6 saturated heterocycles. The number of ether oxygens (including phenoxy) is 17. The van der Waals surface area contributed by atoms with Crippen LogP contribution in [0.1, 0.15) is 114 Å². The zero-order chi connectivity index (χ0) is 85.0. The maximum absolute atomic E-state index is 12.2. The zero-order valence-corrected chi connectivity index (χ0v) is 66.8. The molecule has 6 aliphatic rings. The molecule has 0 aromatic carbocycles. The molecule has 49 heteroatoms. The van der Waals surface area contributed by atoms with Gasteiger partial charge in [-0.3, -0.25) is 29.4 Å². The number of carbonyl (C=O) groups excluding carboxylic acids is 3. The number of hydrogen-bond acceptors (Lipinski definition) is 43. The van der Waals surface area contributed by atoms with Gasteiger partial charge in [-0.05, 0) is 54.4 Å². The second-order valence-electron chi connectivity index (χ2n) is 27.8. The first kappa shape index (κ1) is 86.5. The summed E-state index contributed by atoms with van der Waals surface area (Å²) >= 11 is 0. The van der Waals surface area contributed by atoms with Crippen molar-refractivity contribution in [3.05, 3.63) is 42.0 Å².